The largest absolute Gasteiger partial charge is 0.396 e. The number of hydrogen-bond donors (Lipinski definition) is 2. The van der Waals surface area contributed by atoms with E-state index in [2.05, 4.69) is 4.98 Å². The first-order valence-corrected chi connectivity index (χ1v) is 5.52. The van der Waals surface area contributed by atoms with Gasteiger partial charge in [0, 0.05) is 23.6 Å². The van der Waals surface area contributed by atoms with Crippen molar-refractivity contribution in [2.24, 2.45) is 5.73 Å². The molecule has 0 spiro atoms. The normalized spacial score (nSPS) is 12.2. The van der Waals surface area contributed by atoms with Gasteiger partial charge >= 0.3 is 0 Å². The molecule has 0 amide bonds. The number of aromatic nitrogens is 1. The van der Waals surface area contributed by atoms with Gasteiger partial charge in [-0.3, -0.25) is 0 Å². The summed E-state index contributed by atoms with van der Waals surface area (Å²) >= 11 is 6.06. The zero-order chi connectivity index (χ0) is 11.5. The first-order chi connectivity index (χ1) is 7.72. The molecule has 2 aromatic rings. The summed E-state index contributed by atoms with van der Waals surface area (Å²) in [5, 5.41) is 10.3. The summed E-state index contributed by atoms with van der Waals surface area (Å²) in [6, 6.07) is 9.40. The fraction of sp³-hybridized carbons (Fsp3) is 0.250. The number of aliphatic hydroxyl groups is 1. The Morgan fingerprint density at radius 1 is 1.35 bits per heavy atom. The second-order valence-electron chi connectivity index (χ2n) is 3.68. The molecule has 0 aliphatic heterocycles. The number of para-hydroxylation sites is 1. The summed E-state index contributed by atoms with van der Waals surface area (Å²) in [7, 11) is 0. The molecule has 1 aromatic carbocycles. The third-order valence-corrected chi connectivity index (χ3v) is 2.85. The molecule has 0 aliphatic carbocycles. The highest BCUT2D eigenvalue weighted by Crippen LogP contribution is 2.25. The molecule has 1 atom stereocenters. The second kappa shape index (κ2) is 6.17. The van der Waals surface area contributed by atoms with Gasteiger partial charge in [-0.25, -0.2) is 4.98 Å². The molecule has 0 saturated heterocycles. The topological polar surface area (TPSA) is 59.1 Å². The van der Waals surface area contributed by atoms with Crippen LogP contribution >= 0.6 is 24.0 Å². The van der Waals surface area contributed by atoms with E-state index in [4.69, 9.17) is 22.4 Å². The SMILES string of the molecule is Cl.N[C@@H](CCO)c1cc2ccccc2nc1Cl. The first kappa shape index (κ1) is 14.2. The quantitative estimate of drug-likeness (QED) is 0.845. The summed E-state index contributed by atoms with van der Waals surface area (Å²) in [5.74, 6) is 0. The third kappa shape index (κ3) is 3.07. The lowest BCUT2D eigenvalue weighted by Gasteiger charge is -2.12. The second-order valence-corrected chi connectivity index (χ2v) is 4.04. The van der Waals surface area contributed by atoms with Gasteiger partial charge in [0.1, 0.15) is 5.15 Å². The van der Waals surface area contributed by atoms with Crippen molar-refractivity contribution in [3.63, 3.8) is 0 Å². The number of nitrogens with two attached hydrogens (primary N) is 1. The third-order valence-electron chi connectivity index (χ3n) is 2.54. The zero-order valence-electron chi connectivity index (χ0n) is 9.14. The van der Waals surface area contributed by atoms with Gasteiger partial charge in [-0.2, -0.15) is 0 Å². The Hall–Kier alpha value is -0.870. The van der Waals surface area contributed by atoms with Crippen molar-refractivity contribution in [3.05, 3.63) is 41.0 Å². The van der Waals surface area contributed by atoms with Crippen LogP contribution in [0.25, 0.3) is 10.9 Å². The minimum atomic E-state index is -0.269. The molecule has 92 valence electrons. The molecule has 3 nitrogen and oxygen atoms in total. The number of hydrogen-bond acceptors (Lipinski definition) is 3. The molecular formula is C12H14Cl2N2O. The van der Waals surface area contributed by atoms with Crippen molar-refractivity contribution in [2.75, 3.05) is 6.61 Å². The van der Waals surface area contributed by atoms with Gasteiger partial charge in [0.05, 0.1) is 5.52 Å². The van der Waals surface area contributed by atoms with Crippen LogP contribution < -0.4 is 5.73 Å². The molecule has 1 aromatic heterocycles. The predicted octanol–water partition coefficient (Wildman–Crippen LogP) is 2.69. The van der Waals surface area contributed by atoms with Crippen molar-refractivity contribution in [1.82, 2.24) is 4.98 Å². The molecule has 2 rings (SSSR count). The molecular weight excluding hydrogens is 259 g/mol. The molecule has 1 heterocycles. The van der Waals surface area contributed by atoms with Crippen molar-refractivity contribution >= 4 is 34.9 Å². The van der Waals surface area contributed by atoms with Crippen molar-refractivity contribution in [2.45, 2.75) is 12.5 Å². The molecule has 17 heavy (non-hydrogen) atoms. The van der Waals surface area contributed by atoms with Crippen LogP contribution in [-0.2, 0) is 0 Å². The molecule has 0 saturated carbocycles. The van der Waals surface area contributed by atoms with E-state index in [1.165, 1.54) is 0 Å². The number of halogens is 2. The van der Waals surface area contributed by atoms with Gasteiger partial charge in [-0.15, -0.1) is 12.4 Å². The van der Waals surface area contributed by atoms with Crippen molar-refractivity contribution in [1.29, 1.82) is 0 Å². The number of aliphatic hydroxyl groups excluding tert-OH is 1. The van der Waals surface area contributed by atoms with Gasteiger partial charge < -0.3 is 10.8 Å². The Morgan fingerprint density at radius 2 is 2.06 bits per heavy atom. The summed E-state index contributed by atoms with van der Waals surface area (Å²) in [6.45, 7) is 0.0460. The fourth-order valence-corrected chi connectivity index (χ4v) is 1.95. The fourth-order valence-electron chi connectivity index (χ4n) is 1.66. The van der Waals surface area contributed by atoms with Gasteiger partial charge in [-0.1, -0.05) is 29.8 Å². The molecule has 0 radical (unpaired) electrons. The standard InChI is InChI=1S/C12H13ClN2O.ClH/c13-12-9(10(14)5-6-16)7-8-3-1-2-4-11(8)15-12;/h1-4,7,10,16H,5-6,14H2;1H/t10-;/m0./s1. The van der Waals surface area contributed by atoms with Crippen LogP contribution in [0.4, 0.5) is 0 Å². The van der Waals surface area contributed by atoms with Crippen LogP contribution in [0, 0.1) is 0 Å². The Morgan fingerprint density at radius 3 is 2.76 bits per heavy atom. The number of benzene rings is 1. The highest BCUT2D eigenvalue weighted by atomic mass is 35.5. The van der Waals surface area contributed by atoms with Gasteiger partial charge in [0.2, 0.25) is 0 Å². The van der Waals surface area contributed by atoms with E-state index in [1.807, 2.05) is 30.3 Å². The van der Waals surface area contributed by atoms with Crippen molar-refractivity contribution < 1.29 is 5.11 Å². The summed E-state index contributed by atoms with van der Waals surface area (Å²) < 4.78 is 0. The number of rotatable bonds is 3. The smallest absolute Gasteiger partial charge is 0.134 e. The Balaban J connectivity index is 0.00000144. The maximum atomic E-state index is 8.86. The first-order valence-electron chi connectivity index (χ1n) is 5.14. The lowest BCUT2D eigenvalue weighted by Crippen LogP contribution is -2.13. The predicted molar refractivity (Wildman–Crippen MR) is 72.6 cm³/mol. The lowest BCUT2D eigenvalue weighted by molar-refractivity contribution is 0.276. The van der Waals surface area contributed by atoms with E-state index in [0.717, 1.165) is 16.5 Å². The van der Waals surface area contributed by atoms with E-state index in [0.29, 0.717) is 11.6 Å². The van der Waals surface area contributed by atoms with Gasteiger partial charge in [0.25, 0.3) is 0 Å². The average molecular weight is 273 g/mol. The minimum Gasteiger partial charge on any atom is -0.396 e. The molecule has 0 bridgehead atoms. The van der Waals surface area contributed by atoms with E-state index >= 15 is 0 Å². The molecule has 5 heteroatoms. The summed E-state index contributed by atoms with van der Waals surface area (Å²) in [4.78, 5) is 4.28. The maximum Gasteiger partial charge on any atom is 0.134 e. The van der Waals surface area contributed by atoms with Gasteiger partial charge in [-0.05, 0) is 18.6 Å². The zero-order valence-corrected chi connectivity index (χ0v) is 10.7. The highest BCUT2D eigenvalue weighted by Gasteiger charge is 2.11. The Kier molecular flexibility index (Phi) is 5.15. The number of pyridine rings is 1. The van der Waals surface area contributed by atoms with Crippen LogP contribution in [0.1, 0.15) is 18.0 Å². The van der Waals surface area contributed by atoms with Crippen LogP contribution in [-0.4, -0.2) is 16.7 Å². The van der Waals surface area contributed by atoms with Gasteiger partial charge in [0.15, 0.2) is 0 Å². The number of nitrogens with zero attached hydrogens (tertiary/aromatic N) is 1. The molecule has 3 N–H and O–H groups in total. The Bertz CT molecular complexity index is 505. The molecule has 0 fully saturated rings. The van der Waals surface area contributed by atoms with Crippen molar-refractivity contribution in [3.8, 4) is 0 Å². The van der Waals surface area contributed by atoms with Crippen LogP contribution in [0.5, 0.6) is 0 Å². The maximum absolute atomic E-state index is 8.86. The van der Waals surface area contributed by atoms with Crippen LogP contribution in [0.2, 0.25) is 5.15 Å². The highest BCUT2D eigenvalue weighted by molar-refractivity contribution is 6.30. The van der Waals surface area contributed by atoms with E-state index in [-0.39, 0.29) is 25.1 Å². The number of fused-ring (bicyclic) bond motifs is 1. The van der Waals surface area contributed by atoms with E-state index < -0.39 is 0 Å². The van der Waals surface area contributed by atoms with E-state index in [1.54, 1.807) is 0 Å². The molecule has 0 unspecified atom stereocenters. The lowest BCUT2D eigenvalue weighted by atomic mass is 10.0. The Labute approximate surface area is 111 Å². The van der Waals surface area contributed by atoms with Crippen LogP contribution in [0.15, 0.2) is 30.3 Å². The van der Waals surface area contributed by atoms with E-state index in [9.17, 15) is 0 Å². The summed E-state index contributed by atoms with van der Waals surface area (Å²) in [6.07, 6.45) is 0.486. The minimum absolute atomic E-state index is 0. The monoisotopic (exact) mass is 272 g/mol. The average Bonchev–Trinajstić information content (AvgIpc) is 2.28. The molecule has 0 aliphatic rings. The van der Waals surface area contributed by atoms with Crippen LogP contribution in [0.3, 0.4) is 0 Å². The summed E-state index contributed by atoms with van der Waals surface area (Å²) in [5.41, 5.74) is 7.55.